The Labute approximate surface area is 162 Å². The molecule has 2 aromatic heterocycles. The minimum atomic E-state index is -0.157. The van der Waals surface area contributed by atoms with Crippen LogP contribution in [0.5, 0.6) is 0 Å². The molecule has 0 bridgehead atoms. The van der Waals surface area contributed by atoms with E-state index in [2.05, 4.69) is 10.4 Å². The largest absolute Gasteiger partial charge is 0.378 e. The molecule has 0 atom stereocenters. The number of carbonyl (C=O) groups is 1. The quantitative estimate of drug-likeness (QED) is 0.680. The first-order valence-electron chi connectivity index (χ1n) is 8.72. The molecule has 1 N–H and O–H groups in total. The summed E-state index contributed by atoms with van der Waals surface area (Å²) < 4.78 is 1.42. The fourth-order valence-corrected chi connectivity index (χ4v) is 3.31. The van der Waals surface area contributed by atoms with Crippen molar-refractivity contribution in [3.8, 4) is 10.6 Å². The van der Waals surface area contributed by atoms with Crippen LogP contribution < -0.4 is 15.8 Å². The molecule has 27 heavy (non-hydrogen) atoms. The summed E-state index contributed by atoms with van der Waals surface area (Å²) in [5, 5.41) is 9.25. The van der Waals surface area contributed by atoms with Crippen molar-refractivity contribution in [2.24, 2.45) is 0 Å². The van der Waals surface area contributed by atoms with Gasteiger partial charge in [-0.05, 0) is 48.2 Å². The molecule has 0 saturated heterocycles. The van der Waals surface area contributed by atoms with Gasteiger partial charge in [-0.3, -0.25) is 9.59 Å². The van der Waals surface area contributed by atoms with E-state index in [1.54, 1.807) is 17.4 Å². The van der Waals surface area contributed by atoms with Gasteiger partial charge in [0.15, 0.2) is 0 Å². The maximum absolute atomic E-state index is 12.1. The number of rotatable bonds is 7. The van der Waals surface area contributed by atoms with Crippen molar-refractivity contribution < 1.29 is 4.79 Å². The number of hydrogen-bond acceptors (Lipinski definition) is 5. The predicted octanol–water partition coefficient (Wildman–Crippen LogP) is 3.46. The Kier molecular flexibility index (Phi) is 6.03. The highest BCUT2D eigenvalue weighted by Crippen LogP contribution is 2.21. The van der Waals surface area contributed by atoms with Gasteiger partial charge in [0.05, 0.1) is 4.88 Å². The summed E-state index contributed by atoms with van der Waals surface area (Å²) in [6.45, 7) is 0.408. The van der Waals surface area contributed by atoms with Gasteiger partial charge < -0.3 is 10.2 Å². The van der Waals surface area contributed by atoms with Crippen molar-refractivity contribution in [3.05, 3.63) is 64.3 Å². The first kappa shape index (κ1) is 18.8. The lowest BCUT2D eigenvalue weighted by Gasteiger charge is -2.13. The number of nitrogens with one attached hydrogen (secondary N) is 1. The number of benzene rings is 1. The molecule has 140 valence electrons. The Balaban J connectivity index is 1.54. The summed E-state index contributed by atoms with van der Waals surface area (Å²) in [6, 6.07) is 14.8. The van der Waals surface area contributed by atoms with E-state index >= 15 is 0 Å². The predicted molar refractivity (Wildman–Crippen MR) is 110 cm³/mol. The van der Waals surface area contributed by atoms with E-state index < -0.39 is 0 Å². The minimum Gasteiger partial charge on any atom is -0.378 e. The molecule has 0 unspecified atom stereocenters. The van der Waals surface area contributed by atoms with Crippen LogP contribution in [0, 0.1) is 0 Å². The van der Waals surface area contributed by atoms with Crippen LogP contribution in [0.1, 0.15) is 12.8 Å². The maximum atomic E-state index is 12.1. The summed E-state index contributed by atoms with van der Waals surface area (Å²) in [7, 11) is 3.94. The molecule has 3 rings (SSSR count). The van der Waals surface area contributed by atoms with Gasteiger partial charge in [-0.2, -0.15) is 5.10 Å². The van der Waals surface area contributed by atoms with E-state index in [9.17, 15) is 9.59 Å². The smallest absolute Gasteiger partial charge is 0.266 e. The van der Waals surface area contributed by atoms with Gasteiger partial charge in [0, 0.05) is 44.5 Å². The Morgan fingerprint density at radius 1 is 1.15 bits per heavy atom. The second-order valence-electron chi connectivity index (χ2n) is 6.35. The molecule has 2 heterocycles. The molecule has 1 aromatic carbocycles. The van der Waals surface area contributed by atoms with Crippen LogP contribution in [-0.2, 0) is 11.3 Å². The lowest BCUT2D eigenvalue weighted by Crippen LogP contribution is -2.23. The molecular weight excluding hydrogens is 360 g/mol. The Morgan fingerprint density at radius 2 is 1.93 bits per heavy atom. The molecule has 1 amide bonds. The lowest BCUT2D eigenvalue weighted by molar-refractivity contribution is -0.116. The van der Waals surface area contributed by atoms with Crippen LogP contribution in [0.2, 0.25) is 0 Å². The van der Waals surface area contributed by atoms with E-state index in [4.69, 9.17) is 0 Å². The van der Waals surface area contributed by atoms with Gasteiger partial charge in [-0.15, -0.1) is 11.3 Å². The molecule has 0 spiro atoms. The number of aryl methyl sites for hydroxylation is 1. The van der Waals surface area contributed by atoms with Crippen molar-refractivity contribution in [1.29, 1.82) is 0 Å². The van der Waals surface area contributed by atoms with E-state index in [0.29, 0.717) is 19.4 Å². The summed E-state index contributed by atoms with van der Waals surface area (Å²) in [4.78, 5) is 27.1. The molecule has 6 nitrogen and oxygen atoms in total. The van der Waals surface area contributed by atoms with Crippen LogP contribution in [0.4, 0.5) is 11.4 Å². The number of nitrogens with zero attached hydrogens (tertiary/aromatic N) is 3. The average Bonchev–Trinajstić information content (AvgIpc) is 3.18. The van der Waals surface area contributed by atoms with Crippen molar-refractivity contribution in [2.75, 3.05) is 24.3 Å². The highest BCUT2D eigenvalue weighted by Gasteiger charge is 2.07. The van der Waals surface area contributed by atoms with Gasteiger partial charge >= 0.3 is 0 Å². The Morgan fingerprint density at radius 3 is 2.59 bits per heavy atom. The summed E-state index contributed by atoms with van der Waals surface area (Å²) in [6.07, 6.45) is 0.870. The molecule has 0 fully saturated rings. The average molecular weight is 382 g/mol. The first-order valence-corrected chi connectivity index (χ1v) is 9.60. The standard InChI is InChI=1S/C20H22N4O2S/c1-23(2)16-9-7-15(8-10-16)21-19(25)6-3-13-24-20(26)12-11-17(22-24)18-5-4-14-27-18/h4-5,7-12,14H,3,6,13H2,1-2H3,(H,21,25). The monoisotopic (exact) mass is 382 g/mol. The number of aromatic nitrogens is 2. The van der Waals surface area contributed by atoms with Crippen LogP contribution in [-0.4, -0.2) is 29.8 Å². The summed E-state index contributed by atoms with van der Waals surface area (Å²) >= 11 is 1.58. The fraction of sp³-hybridized carbons (Fsp3) is 0.250. The van der Waals surface area contributed by atoms with Gasteiger partial charge in [-0.25, -0.2) is 4.68 Å². The second kappa shape index (κ2) is 8.64. The molecule has 0 saturated carbocycles. The molecule has 7 heteroatoms. The third-order valence-electron chi connectivity index (χ3n) is 4.08. The molecule has 0 radical (unpaired) electrons. The van der Waals surface area contributed by atoms with E-state index in [1.807, 2.05) is 60.8 Å². The summed E-state index contributed by atoms with van der Waals surface area (Å²) in [5.74, 6) is -0.0740. The van der Waals surface area contributed by atoms with E-state index in [0.717, 1.165) is 21.9 Å². The van der Waals surface area contributed by atoms with Gasteiger partial charge in [-0.1, -0.05) is 6.07 Å². The van der Waals surface area contributed by atoms with E-state index in [1.165, 1.54) is 10.7 Å². The molecule has 0 aliphatic heterocycles. The highest BCUT2D eigenvalue weighted by molar-refractivity contribution is 7.13. The number of anilines is 2. The Bertz CT molecular complexity index is 947. The van der Waals surface area contributed by atoms with Gasteiger partial charge in [0.2, 0.25) is 5.91 Å². The van der Waals surface area contributed by atoms with Crippen molar-refractivity contribution in [2.45, 2.75) is 19.4 Å². The normalized spacial score (nSPS) is 10.6. The number of carbonyl (C=O) groups excluding carboxylic acids is 1. The third kappa shape index (κ3) is 5.04. The maximum Gasteiger partial charge on any atom is 0.266 e. The van der Waals surface area contributed by atoms with Gasteiger partial charge in [0.25, 0.3) is 5.56 Å². The van der Waals surface area contributed by atoms with Gasteiger partial charge in [0.1, 0.15) is 5.69 Å². The minimum absolute atomic E-state index is 0.0740. The molecule has 0 aliphatic carbocycles. The summed E-state index contributed by atoms with van der Waals surface area (Å²) in [5.41, 5.74) is 2.45. The lowest BCUT2D eigenvalue weighted by atomic mass is 10.2. The Hall–Kier alpha value is -2.93. The SMILES string of the molecule is CN(C)c1ccc(NC(=O)CCCn2nc(-c3cccs3)ccc2=O)cc1. The zero-order valence-corrected chi connectivity index (χ0v) is 16.2. The first-order chi connectivity index (χ1) is 13.0. The molecular formula is C20H22N4O2S. The third-order valence-corrected chi connectivity index (χ3v) is 4.97. The van der Waals surface area contributed by atoms with Crippen molar-refractivity contribution in [1.82, 2.24) is 9.78 Å². The molecule has 0 aliphatic rings. The van der Waals surface area contributed by atoms with Crippen LogP contribution in [0.3, 0.4) is 0 Å². The van der Waals surface area contributed by atoms with Crippen LogP contribution >= 0.6 is 11.3 Å². The number of thiophene rings is 1. The van der Waals surface area contributed by atoms with Crippen LogP contribution in [0.15, 0.2) is 58.7 Å². The van der Waals surface area contributed by atoms with Crippen molar-refractivity contribution in [3.63, 3.8) is 0 Å². The number of hydrogen-bond donors (Lipinski definition) is 1. The highest BCUT2D eigenvalue weighted by atomic mass is 32.1. The van der Waals surface area contributed by atoms with E-state index in [-0.39, 0.29) is 11.5 Å². The zero-order chi connectivity index (χ0) is 19.2. The zero-order valence-electron chi connectivity index (χ0n) is 15.4. The second-order valence-corrected chi connectivity index (χ2v) is 7.30. The van der Waals surface area contributed by atoms with Crippen LogP contribution in [0.25, 0.3) is 10.6 Å². The topological polar surface area (TPSA) is 67.2 Å². The fourth-order valence-electron chi connectivity index (χ4n) is 2.62. The number of amides is 1. The van der Waals surface area contributed by atoms with Crippen molar-refractivity contribution >= 4 is 28.6 Å². The molecule has 3 aromatic rings.